The molecule has 2 aromatic carbocycles. The second-order valence-electron chi connectivity index (χ2n) is 5.40. The number of H-pyrrole nitrogens is 1. The number of hydrogen-bond donors (Lipinski definition) is 3. The van der Waals surface area contributed by atoms with Crippen molar-refractivity contribution in [2.75, 3.05) is 6.54 Å². The summed E-state index contributed by atoms with van der Waals surface area (Å²) in [6.45, 7) is -0.148. The molecule has 3 N–H and O–H groups in total. The topological polar surface area (TPSA) is 98.6 Å². The van der Waals surface area contributed by atoms with Gasteiger partial charge in [0.15, 0.2) is 11.5 Å². The average molecular weight is 390 g/mol. The number of Topliss-reactive ketones (excluding diaryl/α,β-unsaturated/α-hetero) is 1. The molecule has 0 unspecified atom stereocenters. The van der Waals surface area contributed by atoms with Gasteiger partial charge < -0.3 is 10.2 Å². The number of rotatable bonds is 5. The Kier molecular flexibility index (Phi) is 5.25. The maximum atomic E-state index is 12.2. The van der Waals surface area contributed by atoms with E-state index >= 15 is 0 Å². The molecule has 0 radical (unpaired) electrons. The molecule has 1 heterocycles. The molecule has 6 nitrogen and oxygen atoms in total. The van der Waals surface area contributed by atoms with Crippen molar-refractivity contribution in [1.29, 1.82) is 0 Å². The van der Waals surface area contributed by atoms with Gasteiger partial charge in [-0.15, -0.1) is 0 Å². The number of nitrogens with zero attached hydrogens (tertiary/aromatic N) is 2. The zero-order chi connectivity index (χ0) is 18.7. The molecule has 0 aliphatic rings. The lowest BCUT2D eigenvalue weighted by Crippen LogP contribution is -2.04. The van der Waals surface area contributed by atoms with Crippen LogP contribution < -0.4 is 0 Å². The first kappa shape index (κ1) is 18.0. The van der Waals surface area contributed by atoms with E-state index in [4.69, 9.17) is 23.2 Å². The number of hydrogen-bond acceptors (Lipinski definition) is 5. The number of phenols is 2. The number of nitrogens with one attached hydrogen (secondary N) is 1. The maximum absolute atomic E-state index is 12.2. The Hall–Kier alpha value is -2.83. The SMILES string of the molecule is O=C(CN=Cc1cccc(O)c1O)c1cc(-c2ccc(Cl)cc2Cl)n[nH]1. The van der Waals surface area contributed by atoms with E-state index in [2.05, 4.69) is 15.2 Å². The minimum absolute atomic E-state index is 0.148. The molecule has 132 valence electrons. The van der Waals surface area contributed by atoms with Gasteiger partial charge in [0.1, 0.15) is 12.2 Å². The van der Waals surface area contributed by atoms with Gasteiger partial charge in [-0.25, -0.2) is 0 Å². The third-order valence-electron chi connectivity index (χ3n) is 3.60. The first-order chi connectivity index (χ1) is 12.5. The Morgan fingerprint density at radius 3 is 2.77 bits per heavy atom. The average Bonchev–Trinajstić information content (AvgIpc) is 3.08. The number of para-hydroxylation sites is 1. The Balaban J connectivity index is 1.72. The number of carbonyl (C=O) groups is 1. The molecule has 0 saturated heterocycles. The van der Waals surface area contributed by atoms with Gasteiger partial charge in [-0.1, -0.05) is 29.3 Å². The van der Waals surface area contributed by atoms with E-state index in [0.717, 1.165) is 0 Å². The monoisotopic (exact) mass is 389 g/mol. The van der Waals surface area contributed by atoms with Crippen LogP contribution in [0.15, 0.2) is 47.5 Å². The minimum Gasteiger partial charge on any atom is -0.504 e. The first-order valence-corrected chi connectivity index (χ1v) is 8.26. The Bertz CT molecular complexity index is 999. The van der Waals surface area contributed by atoms with Crippen molar-refractivity contribution in [3.63, 3.8) is 0 Å². The fraction of sp³-hybridized carbons (Fsp3) is 0.0556. The molecule has 0 amide bonds. The lowest BCUT2D eigenvalue weighted by atomic mass is 10.1. The van der Waals surface area contributed by atoms with Gasteiger partial charge in [0.25, 0.3) is 0 Å². The van der Waals surface area contributed by atoms with Gasteiger partial charge in [0.05, 0.1) is 10.7 Å². The van der Waals surface area contributed by atoms with Gasteiger partial charge in [0.2, 0.25) is 5.78 Å². The molecule has 3 aromatic rings. The van der Waals surface area contributed by atoms with E-state index in [1.807, 2.05) is 0 Å². The number of phenolic OH excluding ortho intramolecular Hbond substituents is 2. The summed E-state index contributed by atoms with van der Waals surface area (Å²) in [6, 6.07) is 11.1. The second-order valence-corrected chi connectivity index (χ2v) is 6.24. The third-order valence-corrected chi connectivity index (χ3v) is 4.14. The Morgan fingerprint density at radius 1 is 1.19 bits per heavy atom. The molecular formula is C18H13Cl2N3O3. The van der Waals surface area contributed by atoms with Gasteiger partial charge >= 0.3 is 0 Å². The van der Waals surface area contributed by atoms with Crippen LogP contribution in [0.5, 0.6) is 11.5 Å². The first-order valence-electron chi connectivity index (χ1n) is 7.50. The minimum atomic E-state index is -0.287. The van der Waals surface area contributed by atoms with Crippen LogP contribution >= 0.6 is 23.2 Å². The van der Waals surface area contributed by atoms with Gasteiger partial charge in [-0.2, -0.15) is 5.10 Å². The van der Waals surface area contributed by atoms with Crippen molar-refractivity contribution in [2.45, 2.75) is 0 Å². The maximum Gasteiger partial charge on any atom is 0.201 e. The Labute approximate surface area is 158 Å². The van der Waals surface area contributed by atoms with Crippen LogP contribution in [0, 0.1) is 0 Å². The highest BCUT2D eigenvalue weighted by atomic mass is 35.5. The van der Waals surface area contributed by atoms with Crippen LogP contribution in [-0.2, 0) is 0 Å². The molecule has 0 bridgehead atoms. The molecule has 3 rings (SSSR count). The van der Waals surface area contributed by atoms with Gasteiger partial charge in [0, 0.05) is 22.4 Å². The fourth-order valence-electron chi connectivity index (χ4n) is 2.26. The molecule has 1 aromatic heterocycles. The molecule has 0 atom stereocenters. The molecule has 0 spiro atoms. The van der Waals surface area contributed by atoms with Crippen molar-refractivity contribution in [3.05, 3.63) is 63.8 Å². The van der Waals surface area contributed by atoms with Crippen molar-refractivity contribution < 1.29 is 15.0 Å². The van der Waals surface area contributed by atoms with E-state index in [9.17, 15) is 15.0 Å². The zero-order valence-corrected chi connectivity index (χ0v) is 14.8. The normalized spacial score (nSPS) is 11.2. The summed E-state index contributed by atoms with van der Waals surface area (Å²) in [5.41, 5.74) is 1.77. The molecule has 0 fully saturated rings. The van der Waals surface area contributed by atoms with Crippen LogP contribution in [0.25, 0.3) is 11.3 Å². The molecular weight excluding hydrogens is 377 g/mol. The van der Waals surface area contributed by atoms with E-state index in [-0.39, 0.29) is 29.5 Å². The lowest BCUT2D eigenvalue weighted by molar-refractivity contribution is 0.0997. The number of carbonyl (C=O) groups excluding carboxylic acids is 1. The van der Waals surface area contributed by atoms with Crippen molar-refractivity contribution in [3.8, 4) is 22.8 Å². The molecule has 26 heavy (non-hydrogen) atoms. The number of aromatic nitrogens is 2. The molecule has 8 heteroatoms. The van der Waals surface area contributed by atoms with Gasteiger partial charge in [-0.3, -0.25) is 14.9 Å². The fourth-order valence-corrected chi connectivity index (χ4v) is 2.77. The quantitative estimate of drug-likeness (QED) is 0.347. The second kappa shape index (κ2) is 7.59. The molecule has 0 aliphatic heterocycles. The number of ketones is 1. The van der Waals surface area contributed by atoms with Gasteiger partial charge in [-0.05, 0) is 36.4 Å². The third kappa shape index (κ3) is 3.87. The number of halogens is 2. The standard InChI is InChI=1S/C18H13Cl2N3O3/c19-11-4-5-12(13(20)6-11)14-7-15(23-22-14)17(25)9-21-8-10-2-1-3-16(24)18(10)26/h1-8,24,26H,9H2,(H,22,23). The van der Waals surface area contributed by atoms with E-state index in [1.165, 1.54) is 12.3 Å². The highest BCUT2D eigenvalue weighted by Crippen LogP contribution is 2.29. The summed E-state index contributed by atoms with van der Waals surface area (Å²) < 4.78 is 0. The smallest absolute Gasteiger partial charge is 0.201 e. The summed E-state index contributed by atoms with van der Waals surface area (Å²) in [7, 11) is 0. The number of aromatic amines is 1. The summed E-state index contributed by atoms with van der Waals surface area (Å²) in [4.78, 5) is 16.2. The summed E-state index contributed by atoms with van der Waals surface area (Å²) in [5, 5.41) is 26.8. The Morgan fingerprint density at radius 2 is 2.00 bits per heavy atom. The summed E-state index contributed by atoms with van der Waals surface area (Å²) >= 11 is 12.0. The summed E-state index contributed by atoms with van der Waals surface area (Å²) in [5.74, 6) is -0.826. The zero-order valence-electron chi connectivity index (χ0n) is 13.3. The predicted molar refractivity (Wildman–Crippen MR) is 101 cm³/mol. The van der Waals surface area contributed by atoms with Crippen LogP contribution in [0.1, 0.15) is 16.1 Å². The van der Waals surface area contributed by atoms with E-state index in [0.29, 0.717) is 26.9 Å². The molecule has 0 aliphatic carbocycles. The number of aliphatic imine (C=N–C) groups is 1. The van der Waals surface area contributed by atoms with Crippen LogP contribution in [-0.4, -0.2) is 39.0 Å². The van der Waals surface area contributed by atoms with E-state index < -0.39 is 0 Å². The van der Waals surface area contributed by atoms with Crippen molar-refractivity contribution in [1.82, 2.24) is 10.2 Å². The molecule has 0 saturated carbocycles. The lowest BCUT2D eigenvalue weighted by Gasteiger charge is -2.00. The predicted octanol–water partition coefficient (Wildman–Crippen LogP) is 4.10. The summed E-state index contributed by atoms with van der Waals surface area (Å²) in [6.07, 6.45) is 1.32. The van der Waals surface area contributed by atoms with Crippen molar-refractivity contribution in [2.24, 2.45) is 4.99 Å². The number of aromatic hydroxyl groups is 2. The largest absolute Gasteiger partial charge is 0.504 e. The highest BCUT2D eigenvalue weighted by Gasteiger charge is 2.13. The van der Waals surface area contributed by atoms with Crippen molar-refractivity contribution >= 4 is 35.2 Å². The highest BCUT2D eigenvalue weighted by molar-refractivity contribution is 6.36. The van der Waals surface area contributed by atoms with Crippen LogP contribution in [0.2, 0.25) is 10.0 Å². The van der Waals surface area contributed by atoms with Crippen LogP contribution in [0.3, 0.4) is 0 Å². The van der Waals surface area contributed by atoms with Crippen LogP contribution in [0.4, 0.5) is 0 Å². The van der Waals surface area contributed by atoms with E-state index in [1.54, 1.807) is 36.4 Å². The number of benzene rings is 2.